The predicted octanol–water partition coefficient (Wildman–Crippen LogP) is 3.13. The lowest BCUT2D eigenvalue weighted by molar-refractivity contribution is -0.152. The van der Waals surface area contributed by atoms with Crippen molar-refractivity contribution in [1.82, 2.24) is 19.5 Å². The standard InChI is InChI=1S/C24H28ClN5O3/c1-16-13-22-26-17(2)21(18(3)30(22)27-16)7-8-24(32)33-15-23(31)29-11-9-28(10-12-29)20-6-4-5-19(25)14-20/h4-6,13-14H,7-12,15H2,1-3H3. The minimum absolute atomic E-state index is 0.170. The van der Waals surface area contributed by atoms with Gasteiger partial charge in [0.2, 0.25) is 0 Å². The Morgan fingerprint density at radius 2 is 1.85 bits per heavy atom. The molecule has 2 aromatic heterocycles. The number of fused-ring (bicyclic) bond motifs is 1. The van der Waals surface area contributed by atoms with Gasteiger partial charge in [-0.25, -0.2) is 9.50 Å². The van der Waals surface area contributed by atoms with E-state index in [1.165, 1.54) is 0 Å². The highest BCUT2D eigenvalue weighted by Gasteiger charge is 2.22. The maximum atomic E-state index is 12.5. The number of hydrogen-bond donors (Lipinski definition) is 0. The number of piperazine rings is 1. The van der Waals surface area contributed by atoms with Gasteiger partial charge in [-0.1, -0.05) is 17.7 Å². The Bertz CT molecular complexity index is 1180. The summed E-state index contributed by atoms with van der Waals surface area (Å²) in [6.07, 6.45) is 0.676. The summed E-state index contributed by atoms with van der Waals surface area (Å²) in [6, 6.07) is 9.62. The van der Waals surface area contributed by atoms with Crippen LogP contribution in [-0.4, -0.2) is 64.2 Å². The molecule has 0 N–H and O–H groups in total. The van der Waals surface area contributed by atoms with Gasteiger partial charge >= 0.3 is 5.97 Å². The highest BCUT2D eigenvalue weighted by Crippen LogP contribution is 2.21. The maximum Gasteiger partial charge on any atom is 0.306 e. The summed E-state index contributed by atoms with van der Waals surface area (Å²) in [5.41, 5.74) is 5.56. The average Bonchev–Trinajstić information content (AvgIpc) is 3.17. The number of benzene rings is 1. The number of carbonyl (C=O) groups excluding carboxylic acids is 2. The quantitative estimate of drug-likeness (QED) is 0.516. The number of nitrogens with zero attached hydrogens (tertiary/aromatic N) is 5. The highest BCUT2D eigenvalue weighted by molar-refractivity contribution is 6.30. The van der Waals surface area contributed by atoms with Gasteiger partial charge in [-0.2, -0.15) is 5.10 Å². The predicted molar refractivity (Wildman–Crippen MR) is 127 cm³/mol. The summed E-state index contributed by atoms with van der Waals surface area (Å²) in [4.78, 5) is 33.3. The molecule has 1 fully saturated rings. The molecule has 3 heterocycles. The molecule has 1 aliphatic heterocycles. The average molecular weight is 470 g/mol. The molecule has 174 valence electrons. The summed E-state index contributed by atoms with van der Waals surface area (Å²) in [6.45, 7) is 8.18. The third-order valence-corrected chi connectivity index (χ3v) is 6.26. The van der Waals surface area contributed by atoms with Crippen molar-refractivity contribution < 1.29 is 14.3 Å². The first-order chi connectivity index (χ1) is 15.8. The van der Waals surface area contributed by atoms with Crippen LogP contribution in [0.5, 0.6) is 0 Å². The van der Waals surface area contributed by atoms with E-state index < -0.39 is 5.97 Å². The topological polar surface area (TPSA) is 80.0 Å². The molecule has 0 unspecified atom stereocenters. The van der Waals surface area contributed by atoms with Gasteiger partial charge in [-0.05, 0) is 51.0 Å². The van der Waals surface area contributed by atoms with Gasteiger partial charge in [0.25, 0.3) is 5.91 Å². The second-order valence-electron chi connectivity index (χ2n) is 8.33. The molecule has 1 amide bonds. The van der Waals surface area contributed by atoms with Crippen molar-refractivity contribution in [2.75, 3.05) is 37.7 Å². The molecule has 1 saturated heterocycles. The summed E-state index contributed by atoms with van der Waals surface area (Å²) in [7, 11) is 0. The van der Waals surface area contributed by atoms with Crippen LogP contribution < -0.4 is 4.90 Å². The smallest absolute Gasteiger partial charge is 0.306 e. The van der Waals surface area contributed by atoms with E-state index in [0.717, 1.165) is 34.0 Å². The van der Waals surface area contributed by atoms with Crippen molar-refractivity contribution in [3.05, 3.63) is 58.0 Å². The largest absolute Gasteiger partial charge is 0.456 e. The first-order valence-corrected chi connectivity index (χ1v) is 11.5. The third-order valence-electron chi connectivity index (χ3n) is 6.03. The molecule has 0 spiro atoms. The minimum Gasteiger partial charge on any atom is -0.456 e. The Labute approximate surface area is 198 Å². The zero-order valence-electron chi connectivity index (χ0n) is 19.2. The molecule has 8 nitrogen and oxygen atoms in total. The number of carbonyl (C=O) groups is 2. The van der Waals surface area contributed by atoms with Crippen LogP contribution in [0.1, 0.15) is 29.1 Å². The van der Waals surface area contributed by atoms with E-state index in [0.29, 0.717) is 37.6 Å². The van der Waals surface area contributed by atoms with Gasteiger partial charge in [0.15, 0.2) is 12.3 Å². The number of halogens is 1. The number of anilines is 1. The van der Waals surface area contributed by atoms with Crippen molar-refractivity contribution >= 4 is 34.8 Å². The number of aryl methyl sites for hydroxylation is 3. The van der Waals surface area contributed by atoms with Gasteiger partial charge in [0.05, 0.1) is 5.69 Å². The molecule has 0 bridgehead atoms. The molecule has 4 rings (SSSR count). The molecule has 0 aliphatic carbocycles. The summed E-state index contributed by atoms with van der Waals surface area (Å²) in [5.74, 6) is -0.562. The maximum absolute atomic E-state index is 12.5. The Kier molecular flexibility index (Phi) is 6.83. The fraction of sp³-hybridized carbons (Fsp3) is 0.417. The first kappa shape index (κ1) is 23.0. The molecular weight excluding hydrogens is 442 g/mol. The summed E-state index contributed by atoms with van der Waals surface area (Å²) >= 11 is 6.08. The Hall–Kier alpha value is -3.13. The van der Waals surface area contributed by atoms with Crippen molar-refractivity contribution in [2.24, 2.45) is 0 Å². The van der Waals surface area contributed by atoms with Gasteiger partial charge in [0, 0.05) is 60.8 Å². The van der Waals surface area contributed by atoms with Crippen LogP contribution in [0.2, 0.25) is 5.02 Å². The number of aromatic nitrogens is 3. The van der Waals surface area contributed by atoms with Crippen molar-refractivity contribution in [2.45, 2.75) is 33.6 Å². The fourth-order valence-corrected chi connectivity index (χ4v) is 4.41. The van der Waals surface area contributed by atoms with E-state index >= 15 is 0 Å². The van der Waals surface area contributed by atoms with Crippen LogP contribution >= 0.6 is 11.6 Å². The minimum atomic E-state index is -0.392. The van der Waals surface area contributed by atoms with Crippen molar-refractivity contribution in [3.63, 3.8) is 0 Å². The van der Waals surface area contributed by atoms with Gasteiger partial charge in [-0.3, -0.25) is 9.59 Å². The monoisotopic (exact) mass is 469 g/mol. The van der Waals surface area contributed by atoms with E-state index in [9.17, 15) is 9.59 Å². The summed E-state index contributed by atoms with van der Waals surface area (Å²) < 4.78 is 7.07. The van der Waals surface area contributed by atoms with Gasteiger partial charge < -0.3 is 14.5 Å². The van der Waals surface area contributed by atoms with Crippen LogP contribution in [0, 0.1) is 20.8 Å². The van der Waals surface area contributed by atoms with E-state index in [4.69, 9.17) is 16.3 Å². The van der Waals surface area contributed by atoms with Crippen LogP contribution in [0.3, 0.4) is 0 Å². The molecule has 33 heavy (non-hydrogen) atoms. The van der Waals surface area contributed by atoms with Crippen LogP contribution in [0.4, 0.5) is 5.69 Å². The summed E-state index contributed by atoms with van der Waals surface area (Å²) in [5, 5.41) is 5.15. The van der Waals surface area contributed by atoms with Crippen LogP contribution in [-0.2, 0) is 20.7 Å². The van der Waals surface area contributed by atoms with E-state index in [1.54, 1.807) is 9.42 Å². The number of esters is 1. The third kappa shape index (κ3) is 5.27. The fourth-order valence-electron chi connectivity index (χ4n) is 4.22. The molecule has 1 aromatic carbocycles. The molecule has 0 radical (unpaired) electrons. The number of rotatable bonds is 6. The Balaban J connectivity index is 1.25. The number of ether oxygens (including phenoxy) is 1. The second-order valence-corrected chi connectivity index (χ2v) is 8.76. The van der Waals surface area contributed by atoms with Crippen LogP contribution in [0.25, 0.3) is 5.65 Å². The second kappa shape index (κ2) is 9.79. The van der Waals surface area contributed by atoms with Gasteiger partial charge in [0.1, 0.15) is 0 Å². The van der Waals surface area contributed by atoms with Crippen molar-refractivity contribution in [1.29, 1.82) is 0 Å². The molecular formula is C24H28ClN5O3. The zero-order valence-corrected chi connectivity index (χ0v) is 19.9. The molecule has 0 atom stereocenters. The van der Waals surface area contributed by atoms with Gasteiger partial charge in [-0.15, -0.1) is 0 Å². The number of hydrogen-bond acceptors (Lipinski definition) is 6. The lowest BCUT2D eigenvalue weighted by atomic mass is 10.1. The number of amides is 1. The lowest BCUT2D eigenvalue weighted by Crippen LogP contribution is -2.49. The van der Waals surface area contributed by atoms with E-state index in [2.05, 4.69) is 15.0 Å². The first-order valence-electron chi connectivity index (χ1n) is 11.1. The highest BCUT2D eigenvalue weighted by atomic mass is 35.5. The normalized spacial score (nSPS) is 14.1. The SMILES string of the molecule is Cc1cc2nc(C)c(CCC(=O)OCC(=O)N3CCN(c4cccc(Cl)c4)CC3)c(C)n2n1. The zero-order chi connectivity index (χ0) is 23.5. The molecule has 9 heteroatoms. The van der Waals surface area contributed by atoms with Crippen molar-refractivity contribution in [3.8, 4) is 0 Å². The Morgan fingerprint density at radius 1 is 1.09 bits per heavy atom. The van der Waals surface area contributed by atoms with Crippen LogP contribution in [0.15, 0.2) is 30.3 Å². The molecule has 0 saturated carbocycles. The molecule has 1 aliphatic rings. The lowest BCUT2D eigenvalue weighted by Gasteiger charge is -2.36. The molecule has 3 aromatic rings. The van der Waals surface area contributed by atoms with E-state index in [-0.39, 0.29) is 18.9 Å². The Morgan fingerprint density at radius 3 is 2.58 bits per heavy atom. The van der Waals surface area contributed by atoms with E-state index in [1.807, 2.05) is 51.1 Å².